The normalized spacial score (nSPS) is 10.8. The number of nitrogens with zero attached hydrogens (tertiary/aromatic N) is 1. The summed E-state index contributed by atoms with van der Waals surface area (Å²) < 4.78 is 60.1. The second-order valence-electron chi connectivity index (χ2n) is 1.93. The van der Waals surface area contributed by atoms with E-state index < -0.39 is 29.7 Å². The molecule has 0 fully saturated rings. The van der Waals surface area contributed by atoms with Crippen molar-refractivity contribution in [2.45, 2.75) is 6.43 Å². The predicted octanol–water partition coefficient (Wildman–Crippen LogP) is 2.44. The molecule has 0 aliphatic heterocycles. The fraction of sp³-hybridized carbons (Fsp3) is 0.167. The van der Waals surface area contributed by atoms with Crippen LogP contribution in [0.4, 0.5) is 22.0 Å². The summed E-state index contributed by atoms with van der Waals surface area (Å²) in [5.74, 6) is -4.87. The summed E-state index contributed by atoms with van der Waals surface area (Å²) in [6, 6.07) is 0.0316. The third kappa shape index (κ3) is 1.51. The molecule has 0 saturated carbocycles. The van der Waals surface area contributed by atoms with Crippen LogP contribution in [-0.4, -0.2) is 4.98 Å². The van der Waals surface area contributed by atoms with Gasteiger partial charge in [-0.3, -0.25) is 0 Å². The van der Waals surface area contributed by atoms with Gasteiger partial charge in [-0.15, -0.1) is 0 Å². The summed E-state index contributed by atoms with van der Waals surface area (Å²) in [6.45, 7) is 0. The molecule has 0 N–H and O–H groups in total. The standard InChI is InChI=1S/C6H2F5N/c7-2-1-3(8)6(11)12-4(2)5(9)10/h1,5H. The molecule has 0 aromatic carbocycles. The van der Waals surface area contributed by atoms with Crippen molar-refractivity contribution in [2.75, 3.05) is 0 Å². The molecule has 6 heteroatoms. The van der Waals surface area contributed by atoms with E-state index in [2.05, 4.69) is 4.98 Å². The lowest BCUT2D eigenvalue weighted by molar-refractivity contribution is 0.138. The Kier molecular flexibility index (Phi) is 2.25. The molecule has 0 atom stereocenters. The van der Waals surface area contributed by atoms with Crippen LogP contribution < -0.4 is 0 Å². The minimum absolute atomic E-state index is 0.0316. The first-order chi connectivity index (χ1) is 5.52. The van der Waals surface area contributed by atoms with Crippen LogP contribution in [0.5, 0.6) is 0 Å². The van der Waals surface area contributed by atoms with Crippen molar-refractivity contribution in [1.82, 2.24) is 4.98 Å². The van der Waals surface area contributed by atoms with Gasteiger partial charge in [0.1, 0.15) is 5.69 Å². The number of hydrogen-bond donors (Lipinski definition) is 0. The maximum absolute atomic E-state index is 12.3. The van der Waals surface area contributed by atoms with Crippen LogP contribution in [0.15, 0.2) is 6.07 Å². The Hall–Kier alpha value is -1.20. The highest BCUT2D eigenvalue weighted by Gasteiger charge is 2.18. The van der Waals surface area contributed by atoms with E-state index in [1.54, 1.807) is 0 Å². The molecule has 1 nitrogen and oxygen atoms in total. The van der Waals surface area contributed by atoms with Crippen molar-refractivity contribution in [3.05, 3.63) is 29.3 Å². The highest BCUT2D eigenvalue weighted by molar-refractivity contribution is 5.10. The average molecular weight is 183 g/mol. The minimum Gasteiger partial charge on any atom is -0.213 e. The van der Waals surface area contributed by atoms with E-state index >= 15 is 0 Å². The summed E-state index contributed by atoms with van der Waals surface area (Å²) in [4.78, 5) is 2.41. The summed E-state index contributed by atoms with van der Waals surface area (Å²) in [7, 11) is 0. The van der Waals surface area contributed by atoms with Gasteiger partial charge in [0.25, 0.3) is 6.43 Å². The molecule has 0 spiro atoms. The summed E-state index contributed by atoms with van der Waals surface area (Å²) in [6.07, 6.45) is -3.25. The molecule has 0 aliphatic rings. The maximum Gasteiger partial charge on any atom is 0.283 e. The molecule has 0 unspecified atom stereocenters. The van der Waals surface area contributed by atoms with Gasteiger partial charge in [0.15, 0.2) is 11.6 Å². The van der Waals surface area contributed by atoms with Gasteiger partial charge in [-0.2, -0.15) is 4.39 Å². The Morgan fingerprint density at radius 2 is 1.67 bits per heavy atom. The second kappa shape index (κ2) is 3.04. The Morgan fingerprint density at radius 1 is 1.08 bits per heavy atom. The third-order valence-corrected chi connectivity index (χ3v) is 1.12. The number of aromatic nitrogens is 1. The molecule has 0 saturated heterocycles. The zero-order valence-corrected chi connectivity index (χ0v) is 5.49. The molecule has 0 amide bonds. The Bertz CT molecular complexity index is 298. The summed E-state index contributed by atoms with van der Waals surface area (Å²) in [5.41, 5.74) is -1.38. The van der Waals surface area contributed by atoms with Crippen molar-refractivity contribution in [3.63, 3.8) is 0 Å². The molecule has 66 valence electrons. The van der Waals surface area contributed by atoms with Crippen LogP contribution in [0, 0.1) is 17.6 Å². The third-order valence-electron chi connectivity index (χ3n) is 1.12. The highest BCUT2D eigenvalue weighted by Crippen LogP contribution is 2.20. The van der Waals surface area contributed by atoms with Crippen molar-refractivity contribution in [2.24, 2.45) is 0 Å². The number of alkyl halides is 2. The lowest BCUT2D eigenvalue weighted by Crippen LogP contribution is -2.01. The van der Waals surface area contributed by atoms with Crippen molar-refractivity contribution >= 4 is 0 Å². The number of pyridine rings is 1. The molecule has 1 aromatic rings. The van der Waals surface area contributed by atoms with E-state index in [1.165, 1.54) is 0 Å². The zero-order chi connectivity index (χ0) is 9.30. The van der Waals surface area contributed by atoms with Gasteiger partial charge < -0.3 is 0 Å². The van der Waals surface area contributed by atoms with E-state index in [1.807, 2.05) is 0 Å². The molecular weight excluding hydrogens is 181 g/mol. The molecule has 1 rings (SSSR count). The number of halogens is 5. The van der Waals surface area contributed by atoms with Crippen LogP contribution in [0.3, 0.4) is 0 Å². The molecule has 1 aromatic heterocycles. The molecule has 0 radical (unpaired) electrons. The number of rotatable bonds is 1. The van der Waals surface area contributed by atoms with Crippen LogP contribution >= 0.6 is 0 Å². The quantitative estimate of drug-likeness (QED) is 0.481. The Labute approximate surface area is 63.8 Å². The lowest BCUT2D eigenvalue weighted by Gasteiger charge is -2.00. The van der Waals surface area contributed by atoms with Crippen molar-refractivity contribution in [3.8, 4) is 0 Å². The van der Waals surface area contributed by atoms with E-state index in [-0.39, 0.29) is 6.07 Å². The summed E-state index contributed by atoms with van der Waals surface area (Å²) in [5, 5.41) is 0. The highest BCUT2D eigenvalue weighted by atomic mass is 19.3. The smallest absolute Gasteiger partial charge is 0.213 e. The van der Waals surface area contributed by atoms with Gasteiger partial charge in [-0.1, -0.05) is 0 Å². The minimum atomic E-state index is -3.25. The van der Waals surface area contributed by atoms with Crippen LogP contribution in [0.1, 0.15) is 12.1 Å². The molecule has 0 aliphatic carbocycles. The van der Waals surface area contributed by atoms with E-state index in [9.17, 15) is 22.0 Å². The van der Waals surface area contributed by atoms with Crippen LogP contribution in [0.25, 0.3) is 0 Å². The number of hydrogen-bond acceptors (Lipinski definition) is 1. The van der Waals surface area contributed by atoms with Gasteiger partial charge in [-0.05, 0) is 0 Å². The van der Waals surface area contributed by atoms with Gasteiger partial charge in [-0.25, -0.2) is 22.5 Å². The van der Waals surface area contributed by atoms with Crippen LogP contribution in [0.2, 0.25) is 0 Å². The van der Waals surface area contributed by atoms with E-state index in [0.29, 0.717) is 0 Å². The molecule has 12 heavy (non-hydrogen) atoms. The largest absolute Gasteiger partial charge is 0.283 e. The lowest BCUT2D eigenvalue weighted by atomic mass is 10.3. The monoisotopic (exact) mass is 183 g/mol. The van der Waals surface area contributed by atoms with Crippen molar-refractivity contribution in [1.29, 1.82) is 0 Å². The predicted molar refractivity (Wildman–Crippen MR) is 29.1 cm³/mol. The molecule has 1 heterocycles. The maximum atomic E-state index is 12.3. The second-order valence-corrected chi connectivity index (χ2v) is 1.93. The fourth-order valence-corrected chi connectivity index (χ4v) is 0.610. The zero-order valence-electron chi connectivity index (χ0n) is 5.49. The van der Waals surface area contributed by atoms with Gasteiger partial charge >= 0.3 is 0 Å². The van der Waals surface area contributed by atoms with E-state index in [4.69, 9.17) is 0 Å². The molecule has 0 bridgehead atoms. The van der Waals surface area contributed by atoms with Gasteiger partial charge in [0.2, 0.25) is 5.95 Å². The fourth-order valence-electron chi connectivity index (χ4n) is 0.610. The summed E-state index contributed by atoms with van der Waals surface area (Å²) >= 11 is 0. The average Bonchev–Trinajstić information content (AvgIpc) is 1.96. The topological polar surface area (TPSA) is 12.9 Å². The Morgan fingerprint density at radius 3 is 2.17 bits per heavy atom. The van der Waals surface area contributed by atoms with Crippen LogP contribution in [-0.2, 0) is 0 Å². The molecular formula is C6H2F5N. The first kappa shape index (κ1) is 8.89. The van der Waals surface area contributed by atoms with Gasteiger partial charge in [0.05, 0.1) is 0 Å². The van der Waals surface area contributed by atoms with Crippen molar-refractivity contribution < 1.29 is 22.0 Å². The van der Waals surface area contributed by atoms with E-state index in [0.717, 1.165) is 0 Å². The Balaban J connectivity index is 3.23. The first-order valence-electron chi connectivity index (χ1n) is 2.82. The van der Waals surface area contributed by atoms with Gasteiger partial charge in [0, 0.05) is 6.07 Å². The SMILES string of the molecule is Fc1cc(F)c(C(F)F)nc1F. The first-order valence-corrected chi connectivity index (χ1v) is 2.82.